The van der Waals surface area contributed by atoms with E-state index in [9.17, 15) is 19.5 Å². The lowest BCUT2D eigenvalue weighted by Gasteiger charge is -2.41. The molecule has 8 heteroatoms. The lowest BCUT2D eigenvalue weighted by Crippen LogP contribution is -2.51. The number of hydrogen-bond acceptors (Lipinski definition) is 5. The molecule has 0 radical (unpaired) electrons. The van der Waals surface area contributed by atoms with Crippen LogP contribution in [0.25, 0.3) is 0 Å². The van der Waals surface area contributed by atoms with Crippen LogP contribution in [-0.2, 0) is 14.1 Å². The van der Waals surface area contributed by atoms with Gasteiger partial charge in [-0.1, -0.05) is 0 Å². The minimum absolute atomic E-state index is 0.139. The van der Waals surface area contributed by atoms with Crippen LogP contribution in [0, 0.1) is 0 Å². The number of rotatable bonds is 2. The molecule has 2 aliphatic rings. The molecule has 0 bridgehead atoms. The highest BCUT2D eigenvalue weighted by Gasteiger charge is 2.30. The topological polar surface area (TPSA) is 87.8 Å². The molecule has 3 heterocycles. The van der Waals surface area contributed by atoms with Crippen LogP contribution in [0.2, 0.25) is 0 Å². The van der Waals surface area contributed by atoms with Crippen molar-refractivity contribution >= 4 is 5.91 Å². The average Bonchev–Trinajstić information content (AvgIpc) is 2.62. The third-order valence-corrected chi connectivity index (χ3v) is 5.44. The molecular formula is C17H26N4O4. The fraction of sp³-hybridized carbons (Fsp3) is 0.706. The second-order valence-corrected chi connectivity index (χ2v) is 7.08. The fourth-order valence-electron chi connectivity index (χ4n) is 3.85. The van der Waals surface area contributed by atoms with Crippen LogP contribution in [0.1, 0.15) is 36.2 Å². The third-order valence-electron chi connectivity index (χ3n) is 5.44. The van der Waals surface area contributed by atoms with Crippen molar-refractivity contribution in [1.82, 2.24) is 18.9 Å². The number of aromatic nitrogens is 2. The molecule has 1 amide bonds. The minimum atomic E-state index is -0.493. The molecule has 0 spiro atoms. The molecule has 1 unspecified atom stereocenters. The van der Waals surface area contributed by atoms with E-state index < -0.39 is 11.2 Å². The largest absolute Gasteiger partial charge is 0.392 e. The quantitative estimate of drug-likeness (QED) is 0.750. The van der Waals surface area contributed by atoms with E-state index in [0.29, 0.717) is 25.7 Å². The maximum absolute atomic E-state index is 12.7. The van der Waals surface area contributed by atoms with E-state index in [1.807, 2.05) is 0 Å². The van der Waals surface area contributed by atoms with E-state index in [1.54, 1.807) is 4.90 Å². The highest BCUT2D eigenvalue weighted by Crippen LogP contribution is 2.21. The van der Waals surface area contributed by atoms with Crippen molar-refractivity contribution in [3.05, 3.63) is 32.6 Å². The summed E-state index contributed by atoms with van der Waals surface area (Å²) in [6, 6.07) is 1.61. The number of piperidine rings is 2. The van der Waals surface area contributed by atoms with Crippen LogP contribution >= 0.6 is 0 Å². The number of carbonyl (C=O) groups is 1. The Bertz CT molecular complexity index is 761. The Morgan fingerprint density at radius 2 is 1.76 bits per heavy atom. The summed E-state index contributed by atoms with van der Waals surface area (Å²) in [5.74, 6) is -0.269. The van der Waals surface area contributed by atoms with Crippen LogP contribution < -0.4 is 11.2 Å². The Labute approximate surface area is 146 Å². The molecule has 0 aliphatic carbocycles. The van der Waals surface area contributed by atoms with Crippen LogP contribution in [0.15, 0.2) is 15.7 Å². The Kier molecular flexibility index (Phi) is 5.10. The van der Waals surface area contributed by atoms with Gasteiger partial charge in [-0.25, -0.2) is 4.79 Å². The monoisotopic (exact) mass is 350 g/mol. The molecule has 2 saturated heterocycles. The van der Waals surface area contributed by atoms with Gasteiger partial charge in [0.1, 0.15) is 5.69 Å². The van der Waals surface area contributed by atoms with Gasteiger partial charge in [0.05, 0.1) is 6.10 Å². The molecule has 1 aromatic rings. The van der Waals surface area contributed by atoms with Crippen molar-refractivity contribution < 1.29 is 9.90 Å². The zero-order valence-electron chi connectivity index (χ0n) is 14.8. The van der Waals surface area contributed by atoms with E-state index in [-0.39, 0.29) is 17.7 Å². The summed E-state index contributed by atoms with van der Waals surface area (Å²) in [7, 11) is 2.91. The van der Waals surface area contributed by atoms with Gasteiger partial charge >= 0.3 is 5.69 Å². The van der Waals surface area contributed by atoms with Gasteiger partial charge in [-0.15, -0.1) is 0 Å². The van der Waals surface area contributed by atoms with Crippen LogP contribution in [-0.4, -0.2) is 68.3 Å². The second kappa shape index (κ2) is 7.13. The molecule has 0 saturated carbocycles. The van der Waals surface area contributed by atoms with Gasteiger partial charge in [-0.3, -0.25) is 23.6 Å². The lowest BCUT2D eigenvalue weighted by atomic mass is 9.99. The summed E-state index contributed by atoms with van der Waals surface area (Å²) >= 11 is 0. The van der Waals surface area contributed by atoms with Crippen LogP contribution in [0.5, 0.6) is 0 Å². The summed E-state index contributed by atoms with van der Waals surface area (Å²) in [4.78, 5) is 40.6. The molecule has 3 rings (SSSR count). The molecule has 8 nitrogen and oxygen atoms in total. The Balaban J connectivity index is 1.68. The SMILES string of the molecule is Cn1c(C(=O)N2CCC(N3CCCC(O)C3)CC2)cc(=O)n(C)c1=O. The van der Waals surface area contributed by atoms with Crippen molar-refractivity contribution in [2.24, 2.45) is 14.1 Å². The Morgan fingerprint density at radius 1 is 1.08 bits per heavy atom. The standard InChI is InChI=1S/C17H26N4O4/c1-18-14(10-15(23)19(2)17(18)25)16(24)20-8-5-12(6-9-20)21-7-3-4-13(22)11-21/h10,12-13,22H,3-9,11H2,1-2H3. The first-order valence-corrected chi connectivity index (χ1v) is 8.87. The summed E-state index contributed by atoms with van der Waals surface area (Å²) in [6.07, 6.45) is 3.32. The predicted molar refractivity (Wildman–Crippen MR) is 92.7 cm³/mol. The second-order valence-electron chi connectivity index (χ2n) is 7.08. The van der Waals surface area contributed by atoms with Crippen LogP contribution in [0.4, 0.5) is 0 Å². The van der Waals surface area contributed by atoms with E-state index in [1.165, 1.54) is 24.7 Å². The predicted octanol–water partition coefficient (Wildman–Crippen LogP) is -0.855. The van der Waals surface area contributed by atoms with E-state index in [4.69, 9.17) is 0 Å². The highest BCUT2D eigenvalue weighted by molar-refractivity contribution is 5.92. The summed E-state index contributed by atoms with van der Waals surface area (Å²) in [5, 5.41) is 9.83. The lowest BCUT2D eigenvalue weighted by molar-refractivity contribution is 0.0238. The summed E-state index contributed by atoms with van der Waals surface area (Å²) in [5.41, 5.74) is -0.823. The molecule has 1 aromatic heterocycles. The first kappa shape index (κ1) is 17.9. The molecule has 1 N–H and O–H groups in total. The maximum Gasteiger partial charge on any atom is 0.331 e. The number of likely N-dealkylation sites (tertiary alicyclic amines) is 2. The van der Waals surface area contributed by atoms with Gasteiger partial charge in [0.15, 0.2) is 0 Å². The molecule has 0 aromatic carbocycles. The maximum atomic E-state index is 12.7. The van der Waals surface area contributed by atoms with Crippen molar-refractivity contribution in [1.29, 1.82) is 0 Å². The van der Waals surface area contributed by atoms with Gasteiger partial charge in [0, 0.05) is 45.8 Å². The number of aliphatic hydroxyl groups is 1. The highest BCUT2D eigenvalue weighted by atomic mass is 16.3. The molecule has 25 heavy (non-hydrogen) atoms. The van der Waals surface area contributed by atoms with E-state index >= 15 is 0 Å². The Hall–Kier alpha value is -1.93. The normalized spacial score (nSPS) is 23.0. The number of amides is 1. The first-order valence-electron chi connectivity index (χ1n) is 8.87. The first-order chi connectivity index (χ1) is 11.9. The summed E-state index contributed by atoms with van der Waals surface area (Å²) < 4.78 is 2.22. The van der Waals surface area contributed by atoms with Gasteiger partial charge in [0.25, 0.3) is 11.5 Å². The number of nitrogens with zero attached hydrogens (tertiary/aromatic N) is 4. The van der Waals surface area contributed by atoms with Gasteiger partial charge in [-0.2, -0.15) is 0 Å². The number of β-amino-alcohol motifs (C(OH)–C–C–N with tert-alkyl or cyclic N) is 1. The van der Waals surface area contributed by atoms with Crippen molar-refractivity contribution in [3.63, 3.8) is 0 Å². The van der Waals surface area contributed by atoms with E-state index in [2.05, 4.69) is 4.90 Å². The van der Waals surface area contributed by atoms with Crippen molar-refractivity contribution in [2.75, 3.05) is 26.2 Å². The molecule has 2 aliphatic heterocycles. The summed E-state index contributed by atoms with van der Waals surface area (Å²) in [6.45, 7) is 2.90. The molecular weight excluding hydrogens is 324 g/mol. The smallest absolute Gasteiger partial charge is 0.331 e. The molecule has 138 valence electrons. The van der Waals surface area contributed by atoms with Gasteiger partial charge in [-0.05, 0) is 32.2 Å². The van der Waals surface area contributed by atoms with E-state index in [0.717, 1.165) is 36.8 Å². The van der Waals surface area contributed by atoms with Crippen molar-refractivity contribution in [3.8, 4) is 0 Å². The fourth-order valence-corrected chi connectivity index (χ4v) is 3.85. The molecule has 2 fully saturated rings. The molecule has 1 atom stereocenters. The van der Waals surface area contributed by atoms with Crippen LogP contribution in [0.3, 0.4) is 0 Å². The number of carbonyl (C=O) groups excluding carboxylic acids is 1. The van der Waals surface area contributed by atoms with Crippen molar-refractivity contribution in [2.45, 2.75) is 37.8 Å². The van der Waals surface area contributed by atoms with Gasteiger partial charge < -0.3 is 10.0 Å². The Morgan fingerprint density at radius 3 is 2.40 bits per heavy atom. The zero-order chi connectivity index (χ0) is 18.1. The third kappa shape index (κ3) is 3.55. The average molecular weight is 350 g/mol. The zero-order valence-corrected chi connectivity index (χ0v) is 14.8. The van der Waals surface area contributed by atoms with Gasteiger partial charge in [0.2, 0.25) is 0 Å². The number of hydrogen-bond donors (Lipinski definition) is 1. The number of aliphatic hydroxyl groups excluding tert-OH is 1. The minimum Gasteiger partial charge on any atom is -0.392 e.